The van der Waals surface area contributed by atoms with E-state index >= 15 is 0 Å². The summed E-state index contributed by atoms with van der Waals surface area (Å²) in [6, 6.07) is 7.42. The van der Waals surface area contributed by atoms with E-state index in [-0.39, 0.29) is 0 Å². The van der Waals surface area contributed by atoms with Gasteiger partial charge in [-0.2, -0.15) is 0 Å². The van der Waals surface area contributed by atoms with Crippen molar-refractivity contribution in [2.45, 2.75) is 30.6 Å². The van der Waals surface area contributed by atoms with Gasteiger partial charge < -0.3 is 30.1 Å². The largest absolute Gasteiger partial charge is 0.394 e. The Morgan fingerprint density at radius 3 is 2.52 bits per heavy atom. The minimum Gasteiger partial charge on any atom is -0.394 e. The molecule has 0 unspecified atom stereocenters. The number of benzene rings is 1. The van der Waals surface area contributed by atoms with Crippen molar-refractivity contribution in [3.05, 3.63) is 35.9 Å². The minimum absolute atomic E-state index is 0.401. The van der Waals surface area contributed by atoms with Crippen LogP contribution in [0.1, 0.15) is 10.4 Å². The van der Waals surface area contributed by atoms with Crippen molar-refractivity contribution in [3.63, 3.8) is 0 Å². The van der Waals surface area contributed by atoms with Gasteiger partial charge in [-0.1, -0.05) is 18.2 Å². The van der Waals surface area contributed by atoms with Gasteiger partial charge in [-0.05, 0) is 12.1 Å². The van der Waals surface area contributed by atoms with E-state index in [4.69, 9.17) is 9.47 Å². The van der Waals surface area contributed by atoms with Crippen LogP contribution in [-0.4, -0.2) is 65.6 Å². The maximum Gasteiger partial charge on any atom is 0.251 e. The quantitative estimate of drug-likeness (QED) is 0.560. The molecule has 4 N–H and O–H groups in total. The van der Waals surface area contributed by atoms with Crippen LogP contribution in [0.5, 0.6) is 0 Å². The van der Waals surface area contributed by atoms with Crippen LogP contribution in [0.4, 0.5) is 0 Å². The van der Waals surface area contributed by atoms with Gasteiger partial charge >= 0.3 is 0 Å². The summed E-state index contributed by atoms with van der Waals surface area (Å²) in [6.07, 6.45) is -4.48. The molecule has 0 aliphatic carbocycles. The van der Waals surface area contributed by atoms with Crippen molar-refractivity contribution in [1.29, 1.82) is 0 Å². The number of carbonyl (C=O) groups is 1. The maximum atomic E-state index is 12.1. The second kappa shape index (κ2) is 6.97. The topological polar surface area (TPSA) is 108 Å². The molecule has 116 valence electrons. The molecule has 7 heteroatoms. The lowest BCUT2D eigenvalue weighted by atomic mass is 9.96. The van der Waals surface area contributed by atoms with Crippen molar-refractivity contribution < 1.29 is 29.6 Å². The van der Waals surface area contributed by atoms with Crippen molar-refractivity contribution in [2.24, 2.45) is 0 Å². The number of amides is 1. The third-order valence-electron chi connectivity index (χ3n) is 3.45. The molecule has 0 spiro atoms. The molecule has 1 aliphatic rings. The molecule has 7 nitrogen and oxygen atoms in total. The number of hydrogen-bond donors (Lipinski definition) is 4. The second-order valence-corrected chi connectivity index (χ2v) is 4.81. The van der Waals surface area contributed by atoms with E-state index in [1.807, 2.05) is 0 Å². The SMILES string of the molecule is CO[C@H]1O[C@@H](CO)[C@@H](O)[C@@H](NC(=O)c2ccccc2)[C@@H]1O. The molecule has 5 atom stereocenters. The summed E-state index contributed by atoms with van der Waals surface area (Å²) in [5.74, 6) is -0.438. The van der Waals surface area contributed by atoms with Crippen LogP contribution in [0, 0.1) is 0 Å². The molecule has 1 aliphatic heterocycles. The molecule has 0 aromatic heterocycles. The molecule has 1 heterocycles. The molecule has 1 aromatic carbocycles. The lowest BCUT2D eigenvalue weighted by Crippen LogP contribution is -2.64. The number of hydrogen-bond acceptors (Lipinski definition) is 6. The highest BCUT2D eigenvalue weighted by Crippen LogP contribution is 2.22. The normalized spacial score (nSPS) is 32.7. The van der Waals surface area contributed by atoms with E-state index < -0.39 is 43.2 Å². The number of rotatable bonds is 4. The molecule has 0 radical (unpaired) electrons. The number of methoxy groups -OCH3 is 1. The predicted molar refractivity (Wildman–Crippen MR) is 72.5 cm³/mol. The number of carbonyl (C=O) groups excluding carboxylic acids is 1. The average molecular weight is 297 g/mol. The first-order valence-electron chi connectivity index (χ1n) is 6.59. The zero-order valence-corrected chi connectivity index (χ0v) is 11.5. The Labute approximate surface area is 122 Å². The van der Waals surface area contributed by atoms with Crippen LogP contribution in [0.15, 0.2) is 30.3 Å². The van der Waals surface area contributed by atoms with Crippen LogP contribution < -0.4 is 5.32 Å². The van der Waals surface area contributed by atoms with Crippen LogP contribution in [0.25, 0.3) is 0 Å². The Hall–Kier alpha value is -1.51. The molecule has 21 heavy (non-hydrogen) atoms. The van der Waals surface area contributed by atoms with Gasteiger partial charge in [-0.3, -0.25) is 4.79 Å². The first-order chi connectivity index (χ1) is 10.1. The fourth-order valence-corrected chi connectivity index (χ4v) is 2.28. The first kappa shape index (κ1) is 15.9. The summed E-state index contributed by atoms with van der Waals surface area (Å²) >= 11 is 0. The lowest BCUT2D eigenvalue weighted by molar-refractivity contribution is -0.270. The smallest absolute Gasteiger partial charge is 0.251 e. The Morgan fingerprint density at radius 1 is 1.29 bits per heavy atom. The zero-order chi connectivity index (χ0) is 15.4. The van der Waals surface area contributed by atoms with Crippen molar-refractivity contribution >= 4 is 5.91 Å². The van der Waals surface area contributed by atoms with Gasteiger partial charge in [0.1, 0.15) is 18.3 Å². The monoisotopic (exact) mass is 297 g/mol. The summed E-state index contributed by atoms with van der Waals surface area (Å²) in [4.78, 5) is 12.1. The fraction of sp³-hybridized carbons (Fsp3) is 0.500. The van der Waals surface area contributed by atoms with E-state index in [1.54, 1.807) is 30.3 Å². The van der Waals surface area contributed by atoms with Crippen molar-refractivity contribution in [3.8, 4) is 0 Å². The third kappa shape index (κ3) is 3.39. The molecule has 2 rings (SSSR count). The maximum absolute atomic E-state index is 12.1. The van der Waals surface area contributed by atoms with Crippen LogP contribution in [0.2, 0.25) is 0 Å². The number of aliphatic hydroxyl groups excluding tert-OH is 3. The summed E-state index contributed by atoms with van der Waals surface area (Å²) in [5.41, 5.74) is 0.401. The third-order valence-corrected chi connectivity index (χ3v) is 3.45. The average Bonchev–Trinajstić information content (AvgIpc) is 2.52. The molecular weight excluding hydrogens is 278 g/mol. The van der Waals surface area contributed by atoms with E-state index in [2.05, 4.69) is 5.32 Å². The van der Waals surface area contributed by atoms with Gasteiger partial charge in [0.15, 0.2) is 6.29 Å². The Kier molecular flexibility index (Phi) is 5.27. The lowest BCUT2D eigenvalue weighted by Gasteiger charge is -2.41. The highest BCUT2D eigenvalue weighted by molar-refractivity contribution is 5.94. The molecular formula is C14H19NO6. The molecule has 1 amide bonds. The first-order valence-corrected chi connectivity index (χ1v) is 6.59. The van der Waals surface area contributed by atoms with Crippen LogP contribution in [-0.2, 0) is 9.47 Å². The number of nitrogens with one attached hydrogen (secondary N) is 1. The number of aliphatic hydroxyl groups is 3. The molecule has 0 saturated carbocycles. The van der Waals surface area contributed by atoms with E-state index in [0.29, 0.717) is 5.56 Å². The van der Waals surface area contributed by atoms with Crippen molar-refractivity contribution in [2.75, 3.05) is 13.7 Å². The van der Waals surface area contributed by atoms with Gasteiger partial charge in [-0.15, -0.1) is 0 Å². The summed E-state index contributed by atoms with van der Waals surface area (Å²) < 4.78 is 10.2. The van der Waals surface area contributed by atoms with Gasteiger partial charge in [0.25, 0.3) is 5.91 Å². The Balaban J connectivity index is 2.13. The highest BCUT2D eigenvalue weighted by atomic mass is 16.7. The van der Waals surface area contributed by atoms with Crippen LogP contribution in [0.3, 0.4) is 0 Å². The van der Waals surface area contributed by atoms with Gasteiger partial charge in [0.2, 0.25) is 0 Å². The highest BCUT2D eigenvalue weighted by Gasteiger charge is 2.45. The molecule has 1 saturated heterocycles. The standard InChI is InChI=1S/C14H19NO6/c1-20-14-12(18)10(11(17)9(7-16)21-14)15-13(19)8-5-3-2-4-6-8/h2-6,9-12,14,16-18H,7H2,1H3,(H,15,19)/t9-,10+,11+,12-,14-/m0/s1. The van der Waals surface area contributed by atoms with Gasteiger partial charge in [0, 0.05) is 12.7 Å². The number of ether oxygens (including phenoxy) is 2. The summed E-state index contributed by atoms with van der Waals surface area (Å²) in [5, 5.41) is 31.9. The fourth-order valence-electron chi connectivity index (χ4n) is 2.28. The molecule has 1 fully saturated rings. The Morgan fingerprint density at radius 2 is 1.95 bits per heavy atom. The van der Waals surface area contributed by atoms with Gasteiger partial charge in [0.05, 0.1) is 12.6 Å². The van der Waals surface area contributed by atoms with Crippen LogP contribution >= 0.6 is 0 Å². The zero-order valence-electron chi connectivity index (χ0n) is 11.5. The minimum atomic E-state index is -1.25. The van der Waals surface area contributed by atoms with E-state index in [1.165, 1.54) is 7.11 Å². The molecule has 0 bridgehead atoms. The van der Waals surface area contributed by atoms with Gasteiger partial charge in [-0.25, -0.2) is 0 Å². The molecule has 1 aromatic rings. The summed E-state index contributed by atoms with van der Waals surface area (Å²) in [7, 11) is 1.33. The van der Waals surface area contributed by atoms with E-state index in [9.17, 15) is 20.1 Å². The van der Waals surface area contributed by atoms with E-state index in [0.717, 1.165) is 0 Å². The predicted octanol–water partition coefficient (Wildman–Crippen LogP) is -1.13. The summed E-state index contributed by atoms with van der Waals surface area (Å²) in [6.45, 7) is -0.453. The second-order valence-electron chi connectivity index (χ2n) is 4.81. The van der Waals surface area contributed by atoms with Crippen molar-refractivity contribution in [1.82, 2.24) is 5.32 Å². The Bertz CT molecular complexity index is 452.